The maximum Gasteiger partial charge on any atom is 0.250 e. The number of piperazine rings is 1. The number of carbonyl (C=O) groups excluding carboxylic acids is 2. The summed E-state index contributed by atoms with van der Waals surface area (Å²) in [7, 11) is 0. The molecule has 1 aromatic rings. The molecule has 1 aromatic carbocycles. The molecule has 0 aliphatic carbocycles. The predicted molar refractivity (Wildman–Crippen MR) is 76.6 cm³/mol. The van der Waals surface area contributed by atoms with Gasteiger partial charge in [-0.05, 0) is 18.9 Å². The minimum absolute atomic E-state index is 0.0691. The highest BCUT2D eigenvalue weighted by molar-refractivity contribution is 5.97. The number of nitrogens with one attached hydrogen (secondary N) is 1. The van der Waals surface area contributed by atoms with Gasteiger partial charge in [0.2, 0.25) is 11.8 Å². The lowest BCUT2D eigenvalue weighted by Gasteiger charge is -2.37. The first kappa shape index (κ1) is 14.1. The maximum absolute atomic E-state index is 12.5. The van der Waals surface area contributed by atoms with Gasteiger partial charge in [0.25, 0.3) is 0 Å². The number of unbranched alkanes of at least 4 members (excludes halogenated alkanes) is 1. The van der Waals surface area contributed by atoms with Crippen LogP contribution in [0.3, 0.4) is 0 Å². The normalized spacial score (nSPS) is 22.3. The van der Waals surface area contributed by atoms with Crippen LogP contribution in [0.4, 0.5) is 0 Å². The van der Waals surface area contributed by atoms with Crippen molar-refractivity contribution in [2.45, 2.75) is 31.8 Å². The first-order valence-corrected chi connectivity index (χ1v) is 6.74. The Kier molecular flexibility index (Phi) is 4.41. The third-order valence-corrected chi connectivity index (χ3v) is 3.52. The van der Waals surface area contributed by atoms with Gasteiger partial charge in [0.15, 0.2) is 0 Å². The second-order valence-electron chi connectivity index (χ2n) is 4.87. The number of rotatable bonds is 4. The lowest BCUT2D eigenvalue weighted by molar-refractivity contribution is -0.148. The van der Waals surface area contributed by atoms with Crippen molar-refractivity contribution in [3.05, 3.63) is 35.9 Å². The number of benzene rings is 1. The van der Waals surface area contributed by atoms with E-state index in [1.54, 1.807) is 11.8 Å². The highest BCUT2D eigenvalue weighted by atomic mass is 16.2. The largest absolute Gasteiger partial charge is 0.339 e. The van der Waals surface area contributed by atoms with Crippen LogP contribution in [0.15, 0.2) is 30.3 Å². The van der Waals surface area contributed by atoms with Crippen LogP contribution in [0, 0.1) is 12.3 Å². The Morgan fingerprint density at radius 1 is 1.30 bits per heavy atom. The Morgan fingerprint density at radius 2 is 2.00 bits per heavy atom. The molecule has 1 saturated heterocycles. The fourth-order valence-electron chi connectivity index (χ4n) is 2.35. The van der Waals surface area contributed by atoms with Crippen LogP contribution in [0.25, 0.3) is 0 Å². The van der Waals surface area contributed by atoms with Crippen molar-refractivity contribution in [2.75, 3.05) is 6.54 Å². The van der Waals surface area contributed by atoms with Crippen molar-refractivity contribution in [1.29, 1.82) is 0 Å². The number of hydrogen-bond acceptors (Lipinski definition) is 2. The van der Waals surface area contributed by atoms with E-state index in [4.69, 9.17) is 6.42 Å². The third-order valence-electron chi connectivity index (χ3n) is 3.52. The van der Waals surface area contributed by atoms with E-state index in [0.29, 0.717) is 19.4 Å². The molecule has 4 nitrogen and oxygen atoms in total. The van der Waals surface area contributed by atoms with E-state index >= 15 is 0 Å². The fourth-order valence-corrected chi connectivity index (χ4v) is 2.35. The summed E-state index contributed by atoms with van der Waals surface area (Å²) in [5.41, 5.74) is 0.805. The van der Waals surface area contributed by atoms with E-state index in [0.717, 1.165) is 5.56 Å². The Bertz CT molecular complexity index is 533. The zero-order chi connectivity index (χ0) is 14.5. The molecule has 0 aromatic heterocycles. The molecule has 1 heterocycles. The Balaban J connectivity index is 2.18. The summed E-state index contributed by atoms with van der Waals surface area (Å²) >= 11 is 0. The monoisotopic (exact) mass is 270 g/mol. The Morgan fingerprint density at radius 3 is 2.65 bits per heavy atom. The second kappa shape index (κ2) is 6.25. The van der Waals surface area contributed by atoms with Gasteiger partial charge in [-0.15, -0.1) is 12.3 Å². The minimum Gasteiger partial charge on any atom is -0.339 e. The summed E-state index contributed by atoms with van der Waals surface area (Å²) in [4.78, 5) is 26.2. The van der Waals surface area contributed by atoms with Crippen molar-refractivity contribution >= 4 is 11.8 Å². The average molecular weight is 270 g/mol. The lowest BCUT2D eigenvalue weighted by atomic mass is 10.0. The molecule has 0 radical (unpaired) electrons. The number of amides is 2. The van der Waals surface area contributed by atoms with Crippen molar-refractivity contribution in [1.82, 2.24) is 10.2 Å². The molecule has 0 saturated carbocycles. The molecule has 2 atom stereocenters. The number of terminal acetylenes is 1. The van der Waals surface area contributed by atoms with Crippen molar-refractivity contribution in [3.8, 4) is 12.3 Å². The van der Waals surface area contributed by atoms with Crippen LogP contribution in [0.5, 0.6) is 0 Å². The molecule has 0 spiro atoms. The second-order valence-corrected chi connectivity index (χ2v) is 4.87. The van der Waals surface area contributed by atoms with E-state index in [-0.39, 0.29) is 11.8 Å². The van der Waals surface area contributed by atoms with Crippen molar-refractivity contribution < 1.29 is 9.59 Å². The number of nitrogens with zero attached hydrogens (tertiary/aromatic N) is 1. The predicted octanol–water partition coefficient (Wildman–Crippen LogP) is 1.49. The molecule has 2 unspecified atom stereocenters. The lowest BCUT2D eigenvalue weighted by Crippen LogP contribution is -2.58. The summed E-state index contributed by atoms with van der Waals surface area (Å²) in [6.07, 6.45) is 6.54. The van der Waals surface area contributed by atoms with Crippen molar-refractivity contribution in [3.63, 3.8) is 0 Å². The molecule has 1 N–H and O–H groups in total. The number of carbonyl (C=O) groups is 2. The molecule has 2 rings (SSSR count). The Hall–Kier alpha value is -2.28. The smallest absolute Gasteiger partial charge is 0.250 e. The van der Waals surface area contributed by atoms with E-state index in [2.05, 4.69) is 11.2 Å². The first-order chi connectivity index (χ1) is 9.65. The topological polar surface area (TPSA) is 49.4 Å². The van der Waals surface area contributed by atoms with Gasteiger partial charge in [0.05, 0.1) is 0 Å². The van der Waals surface area contributed by atoms with Crippen molar-refractivity contribution in [2.24, 2.45) is 0 Å². The van der Waals surface area contributed by atoms with Gasteiger partial charge in [-0.25, -0.2) is 0 Å². The SMILES string of the molecule is C#CCCCN1C(=O)C(c2ccccc2)NC(=O)C1C. The quantitative estimate of drug-likeness (QED) is 0.665. The summed E-state index contributed by atoms with van der Waals surface area (Å²) < 4.78 is 0. The number of hydrogen-bond donors (Lipinski definition) is 1. The molecule has 0 bridgehead atoms. The zero-order valence-corrected chi connectivity index (χ0v) is 11.5. The standard InChI is InChI=1S/C16H18N2O2/c1-3-4-8-11-18-12(2)15(19)17-14(16(18)20)13-9-6-5-7-10-13/h1,5-7,9-10,12,14H,4,8,11H2,2H3,(H,17,19). The first-order valence-electron chi connectivity index (χ1n) is 6.74. The van der Waals surface area contributed by atoms with E-state index in [9.17, 15) is 9.59 Å². The van der Waals surface area contributed by atoms with Gasteiger partial charge < -0.3 is 10.2 Å². The van der Waals surface area contributed by atoms with Crippen LogP contribution in [-0.2, 0) is 9.59 Å². The molecule has 20 heavy (non-hydrogen) atoms. The van der Waals surface area contributed by atoms with Gasteiger partial charge in [-0.2, -0.15) is 0 Å². The average Bonchev–Trinajstić information content (AvgIpc) is 2.47. The van der Waals surface area contributed by atoms with Gasteiger partial charge in [-0.1, -0.05) is 30.3 Å². The molecule has 4 heteroatoms. The van der Waals surface area contributed by atoms with Gasteiger partial charge in [-0.3, -0.25) is 9.59 Å². The zero-order valence-electron chi connectivity index (χ0n) is 11.5. The molecule has 1 aliphatic rings. The van der Waals surface area contributed by atoms with E-state index in [1.165, 1.54) is 0 Å². The van der Waals surface area contributed by atoms with E-state index in [1.807, 2.05) is 30.3 Å². The summed E-state index contributed by atoms with van der Waals surface area (Å²) in [5, 5.41) is 2.78. The Labute approximate surface area is 119 Å². The third kappa shape index (κ3) is 2.83. The molecule has 1 aliphatic heterocycles. The van der Waals surface area contributed by atoms with E-state index < -0.39 is 12.1 Å². The molecular formula is C16H18N2O2. The molecule has 1 fully saturated rings. The van der Waals surface area contributed by atoms with Crippen LogP contribution < -0.4 is 5.32 Å². The summed E-state index contributed by atoms with van der Waals surface area (Å²) in [6.45, 7) is 2.26. The summed E-state index contributed by atoms with van der Waals surface area (Å²) in [5.74, 6) is 2.36. The van der Waals surface area contributed by atoms with Crippen LogP contribution in [0.1, 0.15) is 31.4 Å². The summed E-state index contributed by atoms with van der Waals surface area (Å²) in [6, 6.07) is 8.25. The van der Waals surface area contributed by atoms with Gasteiger partial charge in [0, 0.05) is 13.0 Å². The van der Waals surface area contributed by atoms with Gasteiger partial charge >= 0.3 is 0 Å². The fraction of sp³-hybridized carbons (Fsp3) is 0.375. The molecular weight excluding hydrogens is 252 g/mol. The van der Waals surface area contributed by atoms with Crippen LogP contribution in [0.2, 0.25) is 0 Å². The van der Waals surface area contributed by atoms with Crippen LogP contribution in [-0.4, -0.2) is 29.3 Å². The molecule has 2 amide bonds. The highest BCUT2D eigenvalue weighted by Crippen LogP contribution is 2.22. The minimum atomic E-state index is -0.592. The van der Waals surface area contributed by atoms with Crippen LogP contribution >= 0.6 is 0 Å². The molecule has 104 valence electrons. The maximum atomic E-state index is 12.5. The highest BCUT2D eigenvalue weighted by Gasteiger charge is 2.38. The van der Waals surface area contributed by atoms with Gasteiger partial charge in [0.1, 0.15) is 12.1 Å².